The number of methoxy groups -OCH3 is 23. The molecule has 21 heterocycles. The lowest BCUT2D eigenvalue weighted by molar-refractivity contribution is -0.468. The van der Waals surface area contributed by atoms with Crippen molar-refractivity contribution >= 4 is 0 Å². The first-order chi connectivity index (χ1) is 54.0. The average Bonchev–Trinajstić information content (AvgIpc) is 0.733. The highest BCUT2D eigenvalue weighted by atomic mass is 16.9. The van der Waals surface area contributed by atoms with Crippen LogP contribution in [0.25, 0.3) is 0 Å². The molecule has 0 aliphatic carbocycles. The summed E-state index contributed by atoms with van der Waals surface area (Å²) in [4.78, 5) is 0. The molecule has 40 atom stereocenters. The van der Waals surface area contributed by atoms with Gasteiger partial charge in [0.2, 0.25) is 5.79 Å². The number of hydrogen-bond acceptors (Lipinski definition) is 40. The van der Waals surface area contributed by atoms with E-state index in [4.69, 9.17) is 189 Å². The van der Waals surface area contributed by atoms with Gasteiger partial charge in [-0.05, 0) is 0 Å². The maximum Gasteiger partial charge on any atom is 0.224 e. The SMILES string of the molecule is COC[C@H]1O[C@@H]2O[C@H]3[C@H](OC)[C@@H](OC)[C@H]4O[C@H]5[C@H](OC)[C@@H](OC)[C@@H](O[C@H]6[C@H](OC)[C@@H](OC)[C@@H](O[C@H]7[C@H](OC)[C@@H](OC)[C@@H](O[C@H]8[C@H](OC)[C@@H](OC)[C@@H](O[C@H]9[C@H](OC)[C@@H](OC)[C@@H](O[C@H]%10[C@H](OC)[C@@H](OC)[C@@H](O[C@H]1[C@H](OC)[C@H]2OC)O[C@@H]%10COC)O[C@@H]9COC)O[C@@H]8COC)O[C@@H]7COC)O[C@@H]6COC)O[C@@H]5CO[C@]3(COC)O4. The molecule has 21 aliphatic heterocycles. The van der Waals surface area contributed by atoms with E-state index in [1.807, 2.05) is 0 Å². The highest BCUT2D eigenvalue weighted by Crippen LogP contribution is 2.47. The Morgan fingerprint density at radius 3 is 0.640 bits per heavy atom. The number of rotatable bonds is 30. The van der Waals surface area contributed by atoms with Crippen LogP contribution in [0, 0.1) is 0 Å². The van der Waals surface area contributed by atoms with Crippen molar-refractivity contribution in [3.05, 3.63) is 0 Å². The van der Waals surface area contributed by atoms with Crippen molar-refractivity contribution in [1.29, 1.82) is 0 Å². The minimum atomic E-state index is -1.92. The normalized spacial score (nSPS) is 47.4. The zero-order valence-electron chi connectivity index (χ0n) is 68.0. The molecule has 0 aromatic heterocycles. The maximum atomic E-state index is 7.21. The molecular formula is C71H124O40. The topological polar surface area (TPSA) is 369 Å². The van der Waals surface area contributed by atoms with Crippen LogP contribution in [0.3, 0.4) is 0 Å². The van der Waals surface area contributed by atoms with Gasteiger partial charge in [0.15, 0.2) is 50.3 Å². The molecule has 16 bridgehead atoms. The molecule has 111 heavy (non-hydrogen) atoms. The van der Waals surface area contributed by atoms with Gasteiger partial charge < -0.3 is 189 Å². The minimum absolute atomic E-state index is 0.0591. The molecule has 40 nitrogen and oxygen atoms in total. The van der Waals surface area contributed by atoms with E-state index in [0.717, 1.165) is 0 Å². The van der Waals surface area contributed by atoms with Crippen LogP contribution in [-0.4, -0.2) is 462 Å². The first-order valence-electron chi connectivity index (χ1n) is 37.0. The van der Waals surface area contributed by atoms with Crippen molar-refractivity contribution in [1.82, 2.24) is 0 Å². The Morgan fingerprint density at radius 2 is 0.414 bits per heavy atom. The van der Waals surface area contributed by atoms with E-state index in [9.17, 15) is 0 Å². The summed E-state index contributed by atoms with van der Waals surface area (Å²) in [6, 6.07) is 0. The Hall–Kier alpha value is -1.60. The Kier molecular flexibility index (Phi) is 36.0. The fraction of sp³-hybridized carbons (Fsp3) is 1.00. The minimum Gasteiger partial charge on any atom is -0.382 e. The van der Waals surface area contributed by atoms with Crippen molar-refractivity contribution in [3.8, 4) is 0 Å². The molecule has 0 amide bonds. The summed E-state index contributed by atoms with van der Waals surface area (Å²) >= 11 is 0. The lowest BCUT2D eigenvalue weighted by Gasteiger charge is -2.56. The van der Waals surface area contributed by atoms with Gasteiger partial charge >= 0.3 is 0 Å². The highest BCUT2D eigenvalue weighted by Gasteiger charge is 2.66. The van der Waals surface area contributed by atoms with Gasteiger partial charge in [0.25, 0.3) is 0 Å². The van der Waals surface area contributed by atoms with E-state index < -0.39 is 245 Å². The zero-order chi connectivity index (χ0) is 80.0. The molecule has 0 saturated carbocycles. The zero-order valence-corrected chi connectivity index (χ0v) is 68.0. The molecule has 21 fully saturated rings. The first-order valence-corrected chi connectivity index (χ1v) is 37.0. The molecule has 0 spiro atoms. The van der Waals surface area contributed by atoms with Gasteiger partial charge in [0, 0.05) is 164 Å². The molecule has 21 aliphatic rings. The van der Waals surface area contributed by atoms with E-state index in [1.165, 1.54) is 164 Å². The summed E-state index contributed by atoms with van der Waals surface area (Å²) in [6.07, 6.45) is -42.3. The second-order valence-corrected chi connectivity index (χ2v) is 28.0. The van der Waals surface area contributed by atoms with E-state index >= 15 is 0 Å². The van der Waals surface area contributed by atoms with Crippen molar-refractivity contribution in [2.45, 2.75) is 245 Å². The predicted octanol–water partition coefficient (Wildman–Crippen LogP) is -2.00. The van der Waals surface area contributed by atoms with Crippen molar-refractivity contribution in [3.63, 3.8) is 0 Å². The second-order valence-electron chi connectivity index (χ2n) is 28.0. The third-order valence-corrected chi connectivity index (χ3v) is 22.3. The Balaban J connectivity index is 1.07. The fourth-order valence-corrected chi connectivity index (χ4v) is 17.2. The first kappa shape index (κ1) is 91.7. The average molecular weight is 1620 g/mol. The van der Waals surface area contributed by atoms with Gasteiger partial charge in [-0.25, -0.2) is 0 Å². The molecule has 0 aromatic carbocycles. The van der Waals surface area contributed by atoms with E-state index in [2.05, 4.69) is 0 Å². The Labute approximate surface area is 649 Å². The summed E-state index contributed by atoms with van der Waals surface area (Å²) in [5, 5.41) is 0. The summed E-state index contributed by atoms with van der Waals surface area (Å²) in [6.45, 7) is -0.998. The van der Waals surface area contributed by atoms with Crippen molar-refractivity contribution in [2.24, 2.45) is 0 Å². The number of hydrogen-bond donors (Lipinski definition) is 0. The summed E-state index contributed by atoms with van der Waals surface area (Å²) in [5.41, 5.74) is 0. The van der Waals surface area contributed by atoms with Gasteiger partial charge in [-0.2, -0.15) is 0 Å². The van der Waals surface area contributed by atoms with E-state index in [1.54, 1.807) is 0 Å². The van der Waals surface area contributed by atoms with Gasteiger partial charge in [-0.15, -0.1) is 0 Å². The van der Waals surface area contributed by atoms with E-state index in [0.29, 0.717) is 0 Å². The van der Waals surface area contributed by atoms with Crippen LogP contribution in [0.5, 0.6) is 0 Å². The van der Waals surface area contributed by atoms with Crippen LogP contribution in [-0.2, 0) is 189 Å². The lowest BCUT2D eigenvalue weighted by atomic mass is 9.92. The van der Waals surface area contributed by atoms with Gasteiger partial charge in [0.1, 0.15) is 196 Å². The smallest absolute Gasteiger partial charge is 0.224 e. The lowest BCUT2D eigenvalue weighted by Crippen LogP contribution is -2.74. The quantitative estimate of drug-likeness (QED) is 0.0751. The molecule has 648 valence electrons. The van der Waals surface area contributed by atoms with Crippen LogP contribution in [0.15, 0.2) is 0 Å². The summed E-state index contributed by atoms with van der Waals surface area (Å²) < 4.78 is 262. The number of ether oxygens (including phenoxy) is 40. The summed E-state index contributed by atoms with van der Waals surface area (Å²) in [5.74, 6) is -1.92. The van der Waals surface area contributed by atoms with Gasteiger partial charge in [0.05, 0.1) is 46.2 Å². The van der Waals surface area contributed by atoms with Gasteiger partial charge in [-0.3, -0.25) is 0 Å². The molecule has 0 unspecified atom stereocenters. The van der Waals surface area contributed by atoms with Crippen molar-refractivity contribution in [2.75, 3.05) is 216 Å². The Morgan fingerprint density at radius 1 is 0.207 bits per heavy atom. The molecule has 0 N–H and O–H groups in total. The van der Waals surface area contributed by atoms with Crippen molar-refractivity contribution < 1.29 is 189 Å². The van der Waals surface area contributed by atoms with E-state index in [-0.39, 0.29) is 52.9 Å². The maximum absolute atomic E-state index is 7.21. The third-order valence-electron chi connectivity index (χ3n) is 22.3. The third kappa shape index (κ3) is 19.1. The highest BCUT2D eigenvalue weighted by molar-refractivity contribution is 5.07. The van der Waals surface area contributed by atoms with Crippen LogP contribution < -0.4 is 0 Å². The van der Waals surface area contributed by atoms with Crippen LogP contribution in [0.1, 0.15) is 0 Å². The predicted molar refractivity (Wildman–Crippen MR) is 369 cm³/mol. The van der Waals surface area contributed by atoms with Crippen LogP contribution in [0.4, 0.5) is 0 Å². The number of fused-ring (bicyclic) bond motifs is 2. The molecule has 0 radical (unpaired) electrons. The summed E-state index contributed by atoms with van der Waals surface area (Å²) in [7, 11) is 34.4. The fourth-order valence-electron chi connectivity index (χ4n) is 17.2. The molecule has 21 rings (SSSR count). The molecular weight excluding hydrogens is 1490 g/mol. The van der Waals surface area contributed by atoms with Crippen LogP contribution >= 0.6 is 0 Å². The molecule has 40 heteroatoms. The molecule has 0 aromatic rings. The monoisotopic (exact) mass is 1620 g/mol. The second kappa shape index (κ2) is 43.6. The van der Waals surface area contributed by atoms with Crippen LogP contribution in [0.2, 0.25) is 0 Å². The molecule has 21 saturated heterocycles. The van der Waals surface area contributed by atoms with Gasteiger partial charge in [-0.1, -0.05) is 0 Å². The Bertz CT molecular complexity index is 2640. The standard InChI is InChI=1S/C71H124O40/c1-72-24-32-39-46(79-8)54(87-16)63(96-32)103-40-33(25-73-2)97-65(55(88-17)47(40)80-9)105-42-35(27-75-4)99-67(57(90-19)49(42)82-11)107-44-37(29-77-6)101-69(60(93-22)51(44)84-13)110-62-53(86-15)61(94-23)70-109-45-38(30-95-71(62,111-70)31-78-7)102-68(59(92-21)52(45)85-14)108-43-36(28-76-5)100-66(58(91-20)50(43)83-12)106-41-34(26-74-3)98-64(104-39)56(89-18)48(41)81-10/h32-70H,24-31H2,1-23H3/t32-,33-,34-,35-,36-,37-,38-,39-,40-,41-,42-,43-,44-,45-,46+,47+,48+,49+,50+,51+,52+,53-,54-,55-,56-,57-,58-,59-,60-,61-,62+,63-,64-,65-,66-,67-,68-,69-,70+,71-/m1/s1. The largest absolute Gasteiger partial charge is 0.382 e.